The molecule has 1 saturated carbocycles. The summed E-state index contributed by atoms with van der Waals surface area (Å²) in [7, 11) is 0. The maximum atomic E-state index is 14.3. The van der Waals surface area contributed by atoms with Gasteiger partial charge in [-0.1, -0.05) is 18.9 Å². The summed E-state index contributed by atoms with van der Waals surface area (Å²) in [5.41, 5.74) is 7.10. The van der Waals surface area contributed by atoms with Crippen LogP contribution in [0.3, 0.4) is 0 Å². The minimum atomic E-state index is -0.167. The first-order valence-electron chi connectivity index (χ1n) is 7.38. The molecule has 1 amide bonds. The van der Waals surface area contributed by atoms with Gasteiger partial charge in [-0.15, -0.1) is 0 Å². The average molecular weight is 276 g/mol. The molecule has 1 aliphatic carbocycles. The Morgan fingerprint density at radius 1 is 1.45 bits per heavy atom. The highest BCUT2D eigenvalue weighted by molar-refractivity contribution is 5.96. The second kappa shape index (κ2) is 4.85. The summed E-state index contributed by atoms with van der Waals surface area (Å²) in [5.74, 6) is -0.156. The molecule has 1 aliphatic heterocycles. The smallest absolute Gasteiger partial charge is 0.228 e. The minimum absolute atomic E-state index is 0.00984. The Morgan fingerprint density at radius 2 is 2.15 bits per heavy atom. The van der Waals surface area contributed by atoms with Gasteiger partial charge in [-0.25, -0.2) is 4.39 Å². The Bertz CT molecular complexity index is 535. The summed E-state index contributed by atoms with van der Waals surface area (Å²) in [4.78, 5) is 14.2. The van der Waals surface area contributed by atoms with E-state index in [9.17, 15) is 9.18 Å². The lowest BCUT2D eigenvalue weighted by atomic mass is 9.80. The van der Waals surface area contributed by atoms with E-state index in [4.69, 9.17) is 5.73 Å². The van der Waals surface area contributed by atoms with Crippen molar-refractivity contribution in [2.45, 2.75) is 50.5 Å². The highest BCUT2D eigenvalue weighted by Gasteiger charge is 2.47. The molecular formula is C16H21FN2O. The average Bonchev–Trinajstić information content (AvgIpc) is 2.96. The first-order chi connectivity index (χ1) is 9.53. The van der Waals surface area contributed by atoms with Crippen molar-refractivity contribution in [3.63, 3.8) is 0 Å². The third kappa shape index (κ3) is 2.03. The van der Waals surface area contributed by atoms with Crippen LogP contribution in [0.5, 0.6) is 0 Å². The number of amides is 1. The number of anilines is 1. The SMILES string of the molecule is C[C@H](N)CC(=O)N1CC2(CCCC2)c2c(F)cccc21. The van der Waals surface area contributed by atoms with Gasteiger partial charge in [-0.2, -0.15) is 0 Å². The van der Waals surface area contributed by atoms with Crippen LogP contribution >= 0.6 is 0 Å². The lowest BCUT2D eigenvalue weighted by molar-refractivity contribution is -0.118. The van der Waals surface area contributed by atoms with Gasteiger partial charge in [0, 0.05) is 30.0 Å². The van der Waals surface area contributed by atoms with Crippen LogP contribution in [-0.2, 0) is 10.2 Å². The zero-order valence-corrected chi connectivity index (χ0v) is 11.9. The molecule has 3 rings (SSSR count). The Kier molecular flexibility index (Phi) is 3.28. The molecule has 0 saturated heterocycles. The normalized spacial score (nSPS) is 21.2. The standard InChI is InChI=1S/C16H21FN2O/c1-11(18)9-14(20)19-10-16(7-2-3-8-16)15-12(17)5-4-6-13(15)19/h4-6,11H,2-3,7-10,18H2,1H3/t11-/m0/s1. The topological polar surface area (TPSA) is 46.3 Å². The first kappa shape index (κ1) is 13.6. The fourth-order valence-corrected chi connectivity index (χ4v) is 3.80. The van der Waals surface area contributed by atoms with E-state index in [0.717, 1.165) is 36.9 Å². The van der Waals surface area contributed by atoms with Crippen LogP contribution in [0.4, 0.5) is 10.1 Å². The van der Waals surface area contributed by atoms with E-state index >= 15 is 0 Å². The third-order valence-corrected chi connectivity index (χ3v) is 4.63. The Labute approximate surface area is 118 Å². The molecule has 1 aromatic rings. The fraction of sp³-hybridized carbons (Fsp3) is 0.562. The van der Waals surface area contributed by atoms with E-state index in [0.29, 0.717) is 13.0 Å². The van der Waals surface area contributed by atoms with E-state index in [1.807, 2.05) is 13.0 Å². The lowest BCUT2D eigenvalue weighted by Gasteiger charge is -2.25. The monoisotopic (exact) mass is 276 g/mol. The third-order valence-electron chi connectivity index (χ3n) is 4.63. The van der Waals surface area contributed by atoms with Crippen molar-refractivity contribution in [1.82, 2.24) is 0 Å². The number of hydrogen-bond acceptors (Lipinski definition) is 2. The maximum absolute atomic E-state index is 14.3. The van der Waals surface area contributed by atoms with Gasteiger partial charge in [0.25, 0.3) is 0 Å². The van der Waals surface area contributed by atoms with Crippen LogP contribution in [-0.4, -0.2) is 18.5 Å². The molecule has 4 heteroatoms. The van der Waals surface area contributed by atoms with Crippen molar-refractivity contribution in [2.75, 3.05) is 11.4 Å². The molecule has 0 aromatic heterocycles. The van der Waals surface area contributed by atoms with Gasteiger partial charge in [-0.05, 0) is 31.9 Å². The van der Waals surface area contributed by atoms with Gasteiger partial charge in [0.15, 0.2) is 0 Å². The summed E-state index contributed by atoms with van der Waals surface area (Å²) in [6, 6.07) is 4.90. The van der Waals surface area contributed by atoms with E-state index in [1.54, 1.807) is 11.0 Å². The predicted octanol–water partition coefficient (Wildman–Crippen LogP) is 2.72. The van der Waals surface area contributed by atoms with Crippen molar-refractivity contribution in [3.8, 4) is 0 Å². The van der Waals surface area contributed by atoms with Crippen molar-refractivity contribution < 1.29 is 9.18 Å². The first-order valence-corrected chi connectivity index (χ1v) is 7.38. The van der Waals surface area contributed by atoms with Crippen LogP contribution in [0.15, 0.2) is 18.2 Å². The van der Waals surface area contributed by atoms with E-state index < -0.39 is 0 Å². The predicted molar refractivity (Wildman–Crippen MR) is 77.2 cm³/mol. The number of carbonyl (C=O) groups is 1. The highest BCUT2D eigenvalue weighted by Crippen LogP contribution is 2.51. The second-order valence-corrected chi connectivity index (χ2v) is 6.28. The number of carbonyl (C=O) groups excluding carboxylic acids is 1. The summed E-state index contributed by atoms with van der Waals surface area (Å²) in [5, 5.41) is 0. The molecule has 3 nitrogen and oxygen atoms in total. The minimum Gasteiger partial charge on any atom is -0.327 e. The Balaban J connectivity index is 2.01. The van der Waals surface area contributed by atoms with Crippen molar-refractivity contribution in [3.05, 3.63) is 29.6 Å². The molecular weight excluding hydrogens is 255 g/mol. The molecule has 20 heavy (non-hydrogen) atoms. The zero-order chi connectivity index (χ0) is 14.3. The van der Waals surface area contributed by atoms with Crippen molar-refractivity contribution >= 4 is 11.6 Å². The fourth-order valence-electron chi connectivity index (χ4n) is 3.80. The Hall–Kier alpha value is -1.42. The molecule has 0 radical (unpaired) electrons. The van der Waals surface area contributed by atoms with Crippen molar-refractivity contribution in [1.29, 1.82) is 0 Å². The molecule has 0 bridgehead atoms. The molecule has 1 heterocycles. The largest absolute Gasteiger partial charge is 0.327 e. The quantitative estimate of drug-likeness (QED) is 0.902. The van der Waals surface area contributed by atoms with Crippen LogP contribution in [0.2, 0.25) is 0 Å². The highest BCUT2D eigenvalue weighted by atomic mass is 19.1. The molecule has 1 atom stereocenters. The van der Waals surface area contributed by atoms with Gasteiger partial charge in [0.2, 0.25) is 5.91 Å². The second-order valence-electron chi connectivity index (χ2n) is 6.28. The number of nitrogens with zero attached hydrogens (tertiary/aromatic N) is 1. The summed E-state index contributed by atoms with van der Waals surface area (Å²) < 4.78 is 14.3. The van der Waals surface area contributed by atoms with Gasteiger partial charge in [0.1, 0.15) is 5.82 Å². The van der Waals surface area contributed by atoms with E-state index in [-0.39, 0.29) is 23.2 Å². The summed E-state index contributed by atoms with van der Waals surface area (Å²) in [6.45, 7) is 2.45. The van der Waals surface area contributed by atoms with E-state index in [1.165, 1.54) is 6.07 Å². The molecule has 1 aromatic carbocycles. The van der Waals surface area contributed by atoms with Crippen LogP contribution in [0.25, 0.3) is 0 Å². The Morgan fingerprint density at radius 3 is 2.80 bits per heavy atom. The molecule has 1 fully saturated rings. The lowest BCUT2D eigenvalue weighted by Crippen LogP contribution is -2.38. The van der Waals surface area contributed by atoms with Gasteiger partial charge in [0.05, 0.1) is 5.69 Å². The van der Waals surface area contributed by atoms with Gasteiger partial charge >= 0.3 is 0 Å². The molecule has 1 spiro atoms. The molecule has 108 valence electrons. The molecule has 2 aliphatic rings. The van der Waals surface area contributed by atoms with Gasteiger partial charge < -0.3 is 10.6 Å². The van der Waals surface area contributed by atoms with Crippen LogP contribution in [0, 0.1) is 5.82 Å². The van der Waals surface area contributed by atoms with Crippen LogP contribution < -0.4 is 10.6 Å². The summed E-state index contributed by atoms with van der Waals surface area (Å²) >= 11 is 0. The van der Waals surface area contributed by atoms with Crippen LogP contribution in [0.1, 0.15) is 44.6 Å². The number of hydrogen-bond donors (Lipinski definition) is 1. The maximum Gasteiger partial charge on any atom is 0.228 e. The number of nitrogens with two attached hydrogens (primary N) is 1. The zero-order valence-electron chi connectivity index (χ0n) is 11.9. The number of halogens is 1. The molecule has 0 unspecified atom stereocenters. The van der Waals surface area contributed by atoms with E-state index in [2.05, 4.69) is 0 Å². The number of benzene rings is 1. The number of rotatable bonds is 2. The molecule has 2 N–H and O–H groups in total. The van der Waals surface area contributed by atoms with Gasteiger partial charge in [-0.3, -0.25) is 4.79 Å². The number of fused-ring (bicyclic) bond motifs is 2. The van der Waals surface area contributed by atoms with Crippen molar-refractivity contribution in [2.24, 2.45) is 5.73 Å². The summed E-state index contributed by atoms with van der Waals surface area (Å²) in [6.07, 6.45) is 4.49.